The number of benzene rings is 2. The highest BCUT2D eigenvalue weighted by Gasteiger charge is 2.24. The molecule has 1 aromatic heterocycles. The summed E-state index contributed by atoms with van der Waals surface area (Å²) in [6, 6.07) is 15.5. The molecule has 1 aliphatic carbocycles. The number of esters is 1. The van der Waals surface area contributed by atoms with Gasteiger partial charge in [-0.2, -0.15) is 0 Å². The number of carbonyl (C=O) groups is 2. The van der Waals surface area contributed by atoms with E-state index >= 15 is 0 Å². The van der Waals surface area contributed by atoms with E-state index in [1.807, 2.05) is 48.5 Å². The summed E-state index contributed by atoms with van der Waals surface area (Å²) in [6.45, 7) is 3.84. The van der Waals surface area contributed by atoms with Gasteiger partial charge in [-0.05, 0) is 55.2 Å². The van der Waals surface area contributed by atoms with Crippen molar-refractivity contribution in [2.45, 2.75) is 39.2 Å². The zero-order valence-corrected chi connectivity index (χ0v) is 16.8. The summed E-state index contributed by atoms with van der Waals surface area (Å²) >= 11 is 1.50. The van der Waals surface area contributed by atoms with Gasteiger partial charge in [0.1, 0.15) is 4.88 Å². The van der Waals surface area contributed by atoms with Gasteiger partial charge in [0.25, 0.3) is 5.91 Å². The monoisotopic (exact) mass is 393 g/mol. The Labute approximate surface area is 168 Å². The SMILES string of the molecule is C[C@H]1CCc2sc(C(=O)O[C@@H](C)C(=O)Nc3cccc4ccccc34)cc2C1. The van der Waals surface area contributed by atoms with Crippen molar-refractivity contribution in [3.63, 3.8) is 0 Å². The van der Waals surface area contributed by atoms with E-state index in [2.05, 4.69) is 12.2 Å². The molecule has 1 aliphatic rings. The van der Waals surface area contributed by atoms with Crippen molar-refractivity contribution in [1.82, 2.24) is 0 Å². The Morgan fingerprint density at radius 3 is 2.82 bits per heavy atom. The average molecular weight is 394 g/mol. The van der Waals surface area contributed by atoms with Crippen molar-refractivity contribution in [1.29, 1.82) is 0 Å². The molecule has 2 aromatic carbocycles. The second-order valence-corrected chi connectivity index (χ2v) is 8.61. The largest absolute Gasteiger partial charge is 0.448 e. The molecule has 2 atom stereocenters. The molecular weight excluding hydrogens is 370 g/mol. The summed E-state index contributed by atoms with van der Waals surface area (Å²) in [7, 11) is 0. The third-order valence-electron chi connectivity index (χ3n) is 5.23. The molecule has 1 N–H and O–H groups in total. The normalized spacial score (nSPS) is 17.0. The van der Waals surface area contributed by atoms with E-state index in [0.29, 0.717) is 16.5 Å². The predicted octanol–water partition coefficient (Wildman–Crippen LogP) is 5.21. The maximum Gasteiger partial charge on any atom is 0.349 e. The maximum absolute atomic E-state index is 12.6. The lowest BCUT2D eigenvalue weighted by molar-refractivity contribution is -0.123. The molecule has 0 fully saturated rings. The molecule has 1 heterocycles. The minimum absolute atomic E-state index is 0.334. The number of aryl methyl sites for hydroxylation is 1. The molecule has 1 amide bonds. The van der Waals surface area contributed by atoms with Gasteiger partial charge in [0.15, 0.2) is 6.10 Å². The third-order valence-corrected chi connectivity index (χ3v) is 6.45. The minimum atomic E-state index is -0.871. The first-order valence-corrected chi connectivity index (χ1v) is 10.4. The van der Waals surface area contributed by atoms with Crippen LogP contribution in [-0.2, 0) is 22.4 Å². The fraction of sp³-hybridized carbons (Fsp3) is 0.304. The number of hydrogen-bond acceptors (Lipinski definition) is 4. The summed E-state index contributed by atoms with van der Waals surface area (Å²) in [5, 5.41) is 4.88. The minimum Gasteiger partial charge on any atom is -0.448 e. The molecule has 0 radical (unpaired) electrons. The molecule has 144 valence electrons. The van der Waals surface area contributed by atoms with Gasteiger partial charge in [-0.1, -0.05) is 43.3 Å². The smallest absolute Gasteiger partial charge is 0.349 e. The van der Waals surface area contributed by atoms with Crippen LogP contribution in [0.15, 0.2) is 48.5 Å². The van der Waals surface area contributed by atoms with E-state index in [1.54, 1.807) is 6.92 Å². The van der Waals surface area contributed by atoms with E-state index in [4.69, 9.17) is 4.74 Å². The van der Waals surface area contributed by atoms with E-state index in [9.17, 15) is 9.59 Å². The molecule has 0 saturated heterocycles. The lowest BCUT2D eigenvalue weighted by Crippen LogP contribution is -2.29. The van der Waals surface area contributed by atoms with Gasteiger partial charge < -0.3 is 10.1 Å². The molecule has 0 spiro atoms. The van der Waals surface area contributed by atoms with Gasteiger partial charge in [-0.25, -0.2) is 4.79 Å². The van der Waals surface area contributed by atoms with E-state index in [-0.39, 0.29) is 5.91 Å². The molecule has 0 aliphatic heterocycles. The number of thiophene rings is 1. The number of amides is 1. The van der Waals surface area contributed by atoms with Crippen molar-refractivity contribution < 1.29 is 14.3 Å². The van der Waals surface area contributed by atoms with E-state index in [1.165, 1.54) is 21.8 Å². The fourth-order valence-corrected chi connectivity index (χ4v) is 4.74. The first-order chi connectivity index (χ1) is 13.5. The van der Waals surface area contributed by atoms with Crippen molar-refractivity contribution in [3.05, 3.63) is 63.8 Å². The lowest BCUT2D eigenvalue weighted by atomic mass is 9.90. The summed E-state index contributed by atoms with van der Waals surface area (Å²) in [6.07, 6.45) is 2.32. The van der Waals surface area contributed by atoms with Gasteiger partial charge in [0, 0.05) is 16.0 Å². The summed E-state index contributed by atoms with van der Waals surface area (Å²) in [5.41, 5.74) is 1.97. The van der Waals surface area contributed by atoms with Crippen LogP contribution in [0.2, 0.25) is 0 Å². The Balaban J connectivity index is 1.44. The third kappa shape index (κ3) is 3.80. The van der Waals surface area contributed by atoms with Crippen LogP contribution in [-0.4, -0.2) is 18.0 Å². The number of nitrogens with one attached hydrogen (secondary N) is 1. The molecule has 3 aromatic rings. The summed E-state index contributed by atoms with van der Waals surface area (Å²) in [5.74, 6) is -0.108. The highest BCUT2D eigenvalue weighted by Crippen LogP contribution is 2.32. The molecule has 0 bridgehead atoms. The first-order valence-electron chi connectivity index (χ1n) is 9.62. The Morgan fingerprint density at radius 1 is 1.18 bits per heavy atom. The van der Waals surface area contributed by atoms with E-state index in [0.717, 1.165) is 30.0 Å². The molecule has 28 heavy (non-hydrogen) atoms. The molecule has 0 unspecified atom stereocenters. The maximum atomic E-state index is 12.6. The number of rotatable bonds is 4. The van der Waals surface area contributed by atoms with Crippen LogP contribution in [0.4, 0.5) is 5.69 Å². The number of ether oxygens (including phenoxy) is 1. The number of fused-ring (bicyclic) bond motifs is 2. The quantitative estimate of drug-likeness (QED) is 0.619. The highest BCUT2D eigenvalue weighted by atomic mass is 32.1. The van der Waals surface area contributed by atoms with Gasteiger partial charge in [0.05, 0.1) is 0 Å². The Morgan fingerprint density at radius 2 is 1.96 bits per heavy atom. The molecule has 4 rings (SSSR count). The van der Waals surface area contributed by atoms with Crippen LogP contribution in [0.3, 0.4) is 0 Å². The molecule has 4 nitrogen and oxygen atoms in total. The van der Waals surface area contributed by atoms with Crippen molar-refractivity contribution in [2.75, 3.05) is 5.32 Å². The second-order valence-electron chi connectivity index (χ2n) is 7.47. The van der Waals surface area contributed by atoms with Crippen LogP contribution in [0.1, 0.15) is 40.4 Å². The lowest BCUT2D eigenvalue weighted by Gasteiger charge is -2.16. The van der Waals surface area contributed by atoms with Crippen molar-refractivity contribution in [3.8, 4) is 0 Å². The standard InChI is InChI=1S/C23H23NO3S/c1-14-10-11-20-17(12-14)13-21(28-20)23(26)27-15(2)22(25)24-19-9-5-7-16-6-3-4-8-18(16)19/h3-9,13-15H,10-12H2,1-2H3,(H,24,25)/t14-,15-/m0/s1. The van der Waals surface area contributed by atoms with Crippen molar-refractivity contribution in [2.24, 2.45) is 5.92 Å². The Kier molecular flexibility index (Phi) is 5.18. The van der Waals surface area contributed by atoms with Gasteiger partial charge in [-0.3, -0.25) is 4.79 Å². The van der Waals surface area contributed by atoms with Crippen LogP contribution in [0.25, 0.3) is 10.8 Å². The zero-order chi connectivity index (χ0) is 19.7. The summed E-state index contributed by atoms with van der Waals surface area (Å²) in [4.78, 5) is 27.0. The Bertz CT molecular complexity index is 1030. The van der Waals surface area contributed by atoms with Crippen LogP contribution in [0.5, 0.6) is 0 Å². The first kappa shape index (κ1) is 18.7. The highest BCUT2D eigenvalue weighted by molar-refractivity contribution is 7.14. The summed E-state index contributed by atoms with van der Waals surface area (Å²) < 4.78 is 5.45. The van der Waals surface area contributed by atoms with Crippen LogP contribution in [0, 0.1) is 5.92 Å². The van der Waals surface area contributed by atoms with E-state index < -0.39 is 12.1 Å². The number of carbonyl (C=O) groups excluding carboxylic acids is 2. The Hall–Kier alpha value is -2.66. The topological polar surface area (TPSA) is 55.4 Å². The van der Waals surface area contributed by atoms with Gasteiger partial charge >= 0.3 is 5.97 Å². The van der Waals surface area contributed by atoms with Crippen LogP contribution >= 0.6 is 11.3 Å². The second kappa shape index (κ2) is 7.76. The van der Waals surface area contributed by atoms with Crippen molar-refractivity contribution >= 4 is 39.7 Å². The molecule has 5 heteroatoms. The average Bonchev–Trinajstić information content (AvgIpc) is 3.11. The number of hydrogen-bond donors (Lipinski definition) is 1. The number of anilines is 1. The predicted molar refractivity (Wildman–Crippen MR) is 113 cm³/mol. The molecule has 0 saturated carbocycles. The van der Waals surface area contributed by atoms with Gasteiger partial charge in [0.2, 0.25) is 0 Å². The zero-order valence-electron chi connectivity index (χ0n) is 16.0. The van der Waals surface area contributed by atoms with Crippen LogP contribution < -0.4 is 5.32 Å². The van der Waals surface area contributed by atoms with Gasteiger partial charge in [-0.15, -0.1) is 11.3 Å². The fourth-order valence-electron chi connectivity index (χ4n) is 3.65. The molecular formula is C23H23NO3S.